The highest BCUT2D eigenvalue weighted by Gasteiger charge is 2.33. The minimum atomic E-state index is -0.583. The highest BCUT2D eigenvalue weighted by molar-refractivity contribution is 5.90. The lowest BCUT2D eigenvalue weighted by atomic mass is 10.2. The number of cyclic esters (lactones) is 1. The molecule has 3 saturated heterocycles. The standard InChI is InChI=1S/C27H39FN6O6/c1-19(35)29-16-21-17-34(26(38)39-21)20-5-6-23(22(28)15-20)31-11-13-32(14-12-31)24(36)18-30-7-9-33(10-8-30)25(37)40-27(2,3)4/h5-6,15,21H,7-14,16-18H2,1-4H3,(H,29,35)/t21-/m0/s1. The topological polar surface area (TPSA) is 115 Å². The van der Waals surface area contributed by atoms with E-state index in [2.05, 4.69) is 5.32 Å². The zero-order valence-electron chi connectivity index (χ0n) is 23.7. The van der Waals surface area contributed by atoms with E-state index in [1.165, 1.54) is 17.9 Å². The van der Waals surface area contributed by atoms with Crippen LogP contribution >= 0.6 is 0 Å². The second-order valence-corrected chi connectivity index (χ2v) is 11.3. The van der Waals surface area contributed by atoms with Crippen LogP contribution in [0.15, 0.2) is 18.2 Å². The number of piperazine rings is 2. The first-order valence-electron chi connectivity index (χ1n) is 13.6. The second kappa shape index (κ2) is 12.3. The normalized spacial score (nSPS) is 20.4. The molecule has 0 spiro atoms. The van der Waals surface area contributed by atoms with Gasteiger partial charge in [-0.1, -0.05) is 0 Å². The van der Waals surface area contributed by atoms with Crippen LogP contribution in [0.3, 0.4) is 0 Å². The number of rotatable bonds is 6. The van der Waals surface area contributed by atoms with Gasteiger partial charge in [0.05, 0.1) is 31.0 Å². The van der Waals surface area contributed by atoms with Crippen LogP contribution in [0, 0.1) is 5.82 Å². The zero-order chi connectivity index (χ0) is 29.0. The van der Waals surface area contributed by atoms with E-state index in [0.29, 0.717) is 63.7 Å². The third-order valence-corrected chi connectivity index (χ3v) is 7.05. The summed E-state index contributed by atoms with van der Waals surface area (Å²) < 4.78 is 25.8. The molecule has 1 aromatic carbocycles. The number of ether oxygens (including phenoxy) is 2. The molecule has 3 aliphatic heterocycles. The molecule has 12 nitrogen and oxygen atoms in total. The van der Waals surface area contributed by atoms with Gasteiger partial charge in [0.15, 0.2) is 0 Å². The summed E-state index contributed by atoms with van der Waals surface area (Å²) in [5, 5.41) is 2.62. The van der Waals surface area contributed by atoms with Gasteiger partial charge >= 0.3 is 12.2 Å². The first kappa shape index (κ1) is 29.4. The monoisotopic (exact) mass is 562 g/mol. The number of nitrogens with one attached hydrogen (secondary N) is 1. The number of benzene rings is 1. The fourth-order valence-corrected chi connectivity index (χ4v) is 4.92. The summed E-state index contributed by atoms with van der Waals surface area (Å²) in [4.78, 5) is 57.3. The van der Waals surface area contributed by atoms with Gasteiger partial charge in [0, 0.05) is 59.3 Å². The van der Waals surface area contributed by atoms with Crippen LogP contribution in [0.1, 0.15) is 27.7 Å². The van der Waals surface area contributed by atoms with Crippen LogP contribution in [-0.4, -0.2) is 122 Å². The lowest BCUT2D eigenvalue weighted by Gasteiger charge is -2.39. The van der Waals surface area contributed by atoms with Crippen molar-refractivity contribution in [3.8, 4) is 0 Å². The van der Waals surface area contributed by atoms with Gasteiger partial charge in [-0.2, -0.15) is 0 Å². The molecule has 1 atom stereocenters. The summed E-state index contributed by atoms with van der Waals surface area (Å²) in [6, 6.07) is 4.63. The average Bonchev–Trinajstić information content (AvgIpc) is 3.27. The predicted molar refractivity (Wildman–Crippen MR) is 146 cm³/mol. The Morgan fingerprint density at radius 1 is 1.02 bits per heavy atom. The van der Waals surface area contributed by atoms with Gasteiger partial charge in [-0.25, -0.2) is 14.0 Å². The molecule has 220 valence electrons. The zero-order valence-corrected chi connectivity index (χ0v) is 23.7. The molecule has 3 aliphatic rings. The van der Waals surface area contributed by atoms with E-state index in [4.69, 9.17) is 9.47 Å². The highest BCUT2D eigenvalue weighted by atomic mass is 19.1. The fraction of sp³-hybridized carbons (Fsp3) is 0.630. The van der Waals surface area contributed by atoms with E-state index in [-0.39, 0.29) is 37.5 Å². The molecular formula is C27H39FN6O6. The van der Waals surface area contributed by atoms with Gasteiger partial charge in [-0.05, 0) is 39.0 Å². The van der Waals surface area contributed by atoms with E-state index in [1.807, 2.05) is 30.6 Å². The number of halogens is 1. The van der Waals surface area contributed by atoms with Crippen LogP contribution in [0.2, 0.25) is 0 Å². The summed E-state index contributed by atoms with van der Waals surface area (Å²) >= 11 is 0. The Hall–Kier alpha value is -3.61. The van der Waals surface area contributed by atoms with E-state index in [0.717, 1.165) is 0 Å². The molecule has 0 radical (unpaired) electrons. The van der Waals surface area contributed by atoms with E-state index >= 15 is 4.39 Å². The summed E-state index contributed by atoms with van der Waals surface area (Å²) in [7, 11) is 0. The first-order valence-corrected chi connectivity index (χ1v) is 13.6. The molecule has 1 aromatic rings. The quantitative estimate of drug-likeness (QED) is 0.555. The number of hydrogen-bond acceptors (Lipinski definition) is 8. The number of anilines is 2. The molecule has 3 heterocycles. The van der Waals surface area contributed by atoms with E-state index in [1.54, 1.807) is 21.9 Å². The van der Waals surface area contributed by atoms with Gasteiger partial charge in [0.1, 0.15) is 17.5 Å². The maximum Gasteiger partial charge on any atom is 0.414 e. The van der Waals surface area contributed by atoms with Crippen molar-refractivity contribution in [2.45, 2.75) is 39.4 Å². The molecule has 0 aliphatic carbocycles. The molecule has 0 aromatic heterocycles. The van der Waals surface area contributed by atoms with Crippen molar-refractivity contribution >= 4 is 35.4 Å². The molecule has 1 N–H and O–H groups in total. The highest BCUT2D eigenvalue weighted by Crippen LogP contribution is 2.28. The van der Waals surface area contributed by atoms with Crippen LogP contribution < -0.4 is 15.1 Å². The van der Waals surface area contributed by atoms with Gasteiger partial charge in [-0.3, -0.25) is 19.4 Å². The number of hydrogen-bond donors (Lipinski definition) is 1. The van der Waals surface area contributed by atoms with Crippen molar-refractivity contribution in [1.82, 2.24) is 20.0 Å². The predicted octanol–water partition coefficient (Wildman–Crippen LogP) is 1.49. The van der Waals surface area contributed by atoms with Crippen LogP contribution in [0.25, 0.3) is 0 Å². The molecule has 0 bridgehead atoms. The number of carbonyl (C=O) groups is 4. The molecule has 0 saturated carbocycles. The largest absolute Gasteiger partial charge is 0.444 e. The van der Waals surface area contributed by atoms with Gasteiger partial charge in [-0.15, -0.1) is 0 Å². The molecule has 4 rings (SSSR count). The third kappa shape index (κ3) is 7.52. The molecule has 3 fully saturated rings. The Morgan fingerprint density at radius 3 is 2.27 bits per heavy atom. The fourth-order valence-electron chi connectivity index (χ4n) is 4.92. The minimum absolute atomic E-state index is 0.0163. The second-order valence-electron chi connectivity index (χ2n) is 11.3. The molecule has 0 unspecified atom stereocenters. The Bertz CT molecular complexity index is 1110. The Kier molecular flexibility index (Phi) is 9.02. The number of amides is 4. The van der Waals surface area contributed by atoms with Gasteiger partial charge < -0.3 is 29.5 Å². The van der Waals surface area contributed by atoms with Crippen molar-refractivity contribution < 1.29 is 33.0 Å². The molecular weight excluding hydrogens is 523 g/mol. The smallest absolute Gasteiger partial charge is 0.414 e. The Labute approximate surface area is 233 Å². The third-order valence-electron chi connectivity index (χ3n) is 7.05. The average molecular weight is 563 g/mol. The SMILES string of the molecule is CC(=O)NC[C@H]1CN(c2ccc(N3CCN(C(=O)CN4CCN(C(=O)OC(C)(C)C)CC4)CC3)c(F)c2)C(=O)O1. The summed E-state index contributed by atoms with van der Waals surface area (Å²) in [5.41, 5.74) is 0.256. The molecule has 13 heteroatoms. The van der Waals surface area contributed by atoms with Crippen LogP contribution in [-0.2, 0) is 19.1 Å². The van der Waals surface area contributed by atoms with Crippen molar-refractivity contribution in [3.05, 3.63) is 24.0 Å². The van der Waals surface area contributed by atoms with Crippen molar-refractivity contribution in [1.29, 1.82) is 0 Å². The van der Waals surface area contributed by atoms with Gasteiger partial charge in [0.2, 0.25) is 11.8 Å². The van der Waals surface area contributed by atoms with Gasteiger partial charge in [0.25, 0.3) is 0 Å². The van der Waals surface area contributed by atoms with Crippen molar-refractivity contribution in [2.75, 3.05) is 81.8 Å². The first-order chi connectivity index (χ1) is 18.9. The molecule has 4 amide bonds. The maximum absolute atomic E-state index is 15.1. The number of nitrogens with zero attached hydrogens (tertiary/aromatic N) is 5. The Balaban J connectivity index is 1.23. The molecule has 40 heavy (non-hydrogen) atoms. The van der Waals surface area contributed by atoms with E-state index in [9.17, 15) is 19.2 Å². The van der Waals surface area contributed by atoms with Crippen molar-refractivity contribution in [3.63, 3.8) is 0 Å². The number of carbonyl (C=O) groups excluding carboxylic acids is 4. The van der Waals surface area contributed by atoms with E-state index < -0.39 is 23.6 Å². The minimum Gasteiger partial charge on any atom is -0.444 e. The lowest BCUT2D eigenvalue weighted by Crippen LogP contribution is -2.55. The van der Waals surface area contributed by atoms with Crippen LogP contribution in [0.5, 0.6) is 0 Å². The summed E-state index contributed by atoms with van der Waals surface area (Å²) in [6.07, 6.45) is -1.42. The van der Waals surface area contributed by atoms with Crippen molar-refractivity contribution in [2.24, 2.45) is 0 Å². The summed E-state index contributed by atoms with van der Waals surface area (Å²) in [6.45, 7) is 11.7. The van der Waals surface area contributed by atoms with Crippen LogP contribution in [0.4, 0.5) is 25.4 Å². The Morgan fingerprint density at radius 2 is 1.68 bits per heavy atom. The summed E-state index contributed by atoms with van der Waals surface area (Å²) in [5.74, 6) is -0.661. The lowest BCUT2D eigenvalue weighted by molar-refractivity contribution is -0.133. The maximum atomic E-state index is 15.1.